The predicted octanol–water partition coefficient (Wildman–Crippen LogP) is 3.06. The maximum atomic E-state index is 9.01. The topological polar surface area (TPSA) is 27.0 Å². The minimum Gasteiger partial charge on any atom is -0.373 e. The summed E-state index contributed by atoms with van der Waals surface area (Å²) in [5.41, 5.74) is 1.64. The van der Waals surface area contributed by atoms with Crippen LogP contribution in [0.25, 0.3) is 0 Å². The Morgan fingerprint density at radius 1 is 1.53 bits per heavy atom. The fourth-order valence-electron chi connectivity index (χ4n) is 1.72. The van der Waals surface area contributed by atoms with E-state index in [0.29, 0.717) is 10.6 Å². The van der Waals surface area contributed by atoms with Crippen LogP contribution in [0, 0.1) is 17.2 Å². The van der Waals surface area contributed by atoms with Crippen LogP contribution in [-0.4, -0.2) is 13.6 Å². The second-order valence-corrected chi connectivity index (χ2v) is 4.53. The van der Waals surface area contributed by atoms with Crippen LogP contribution in [-0.2, 0) is 0 Å². The third kappa shape index (κ3) is 2.43. The fourth-order valence-corrected chi connectivity index (χ4v) is 1.89. The van der Waals surface area contributed by atoms with E-state index in [4.69, 9.17) is 16.9 Å². The summed E-state index contributed by atoms with van der Waals surface area (Å²) in [5, 5.41) is 9.63. The Labute approximate surface area is 95.1 Å². The summed E-state index contributed by atoms with van der Waals surface area (Å²) in [4.78, 5) is 2.15. The van der Waals surface area contributed by atoms with Gasteiger partial charge in [-0.15, -0.1) is 0 Å². The first-order valence-electron chi connectivity index (χ1n) is 5.11. The first kappa shape index (κ1) is 10.3. The highest BCUT2D eigenvalue weighted by molar-refractivity contribution is 6.30. The average Bonchev–Trinajstić information content (AvgIpc) is 3.01. The molecule has 2 rings (SSSR count). The number of benzene rings is 1. The lowest BCUT2D eigenvalue weighted by Crippen LogP contribution is -2.20. The van der Waals surface area contributed by atoms with E-state index in [9.17, 15) is 0 Å². The van der Waals surface area contributed by atoms with Crippen molar-refractivity contribution in [3.8, 4) is 6.07 Å². The van der Waals surface area contributed by atoms with Crippen LogP contribution in [0.3, 0.4) is 0 Å². The van der Waals surface area contributed by atoms with Gasteiger partial charge >= 0.3 is 0 Å². The molecule has 1 fully saturated rings. The molecule has 1 aliphatic carbocycles. The Hall–Kier alpha value is -1.20. The van der Waals surface area contributed by atoms with Gasteiger partial charge in [-0.3, -0.25) is 0 Å². The standard InChI is InChI=1S/C12H13ClN2/c1-15(8-9-2-3-9)12-5-4-11(13)6-10(12)7-14/h4-6,9H,2-3,8H2,1H3. The van der Waals surface area contributed by atoms with Gasteiger partial charge in [0, 0.05) is 18.6 Å². The molecule has 15 heavy (non-hydrogen) atoms. The van der Waals surface area contributed by atoms with Crippen molar-refractivity contribution >= 4 is 17.3 Å². The molecule has 0 bridgehead atoms. The molecule has 1 saturated carbocycles. The highest BCUT2D eigenvalue weighted by Gasteiger charge is 2.23. The number of hydrogen-bond acceptors (Lipinski definition) is 2. The van der Waals surface area contributed by atoms with E-state index in [1.54, 1.807) is 6.07 Å². The van der Waals surface area contributed by atoms with Gasteiger partial charge < -0.3 is 4.90 Å². The molecule has 0 spiro atoms. The Kier molecular flexibility index (Phi) is 2.83. The van der Waals surface area contributed by atoms with E-state index in [1.807, 2.05) is 19.2 Å². The van der Waals surface area contributed by atoms with Crippen molar-refractivity contribution < 1.29 is 0 Å². The van der Waals surface area contributed by atoms with Crippen LogP contribution >= 0.6 is 11.6 Å². The summed E-state index contributed by atoms with van der Waals surface area (Å²) in [5.74, 6) is 0.817. The number of nitriles is 1. The van der Waals surface area contributed by atoms with Crippen LogP contribution in [0.1, 0.15) is 18.4 Å². The lowest BCUT2D eigenvalue weighted by Gasteiger charge is -2.20. The molecular weight excluding hydrogens is 208 g/mol. The van der Waals surface area contributed by atoms with Gasteiger partial charge in [0.05, 0.1) is 11.3 Å². The zero-order valence-electron chi connectivity index (χ0n) is 8.70. The van der Waals surface area contributed by atoms with E-state index in [-0.39, 0.29) is 0 Å². The van der Waals surface area contributed by atoms with Crippen molar-refractivity contribution in [1.29, 1.82) is 5.26 Å². The van der Waals surface area contributed by atoms with Crippen molar-refractivity contribution in [3.63, 3.8) is 0 Å². The van der Waals surface area contributed by atoms with Gasteiger partial charge in [0.25, 0.3) is 0 Å². The largest absolute Gasteiger partial charge is 0.373 e. The Morgan fingerprint density at radius 2 is 2.27 bits per heavy atom. The van der Waals surface area contributed by atoms with Crippen LogP contribution < -0.4 is 4.90 Å². The Bertz CT molecular complexity index is 405. The molecule has 0 radical (unpaired) electrons. The van der Waals surface area contributed by atoms with Crippen molar-refractivity contribution in [2.45, 2.75) is 12.8 Å². The molecule has 3 heteroatoms. The Balaban J connectivity index is 2.21. The number of nitrogens with zero attached hydrogens (tertiary/aromatic N) is 2. The van der Waals surface area contributed by atoms with Crippen LogP contribution in [0.15, 0.2) is 18.2 Å². The quantitative estimate of drug-likeness (QED) is 0.783. The maximum absolute atomic E-state index is 9.01. The van der Waals surface area contributed by atoms with Gasteiger partial charge in [-0.2, -0.15) is 5.26 Å². The summed E-state index contributed by atoms with van der Waals surface area (Å²) in [7, 11) is 2.03. The second-order valence-electron chi connectivity index (χ2n) is 4.10. The first-order valence-corrected chi connectivity index (χ1v) is 5.49. The van der Waals surface area contributed by atoms with Crippen molar-refractivity contribution in [2.75, 3.05) is 18.5 Å². The normalized spacial score (nSPS) is 14.7. The van der Waals surface area contributed by atoms with Gasteiger partial charge in [0.15, 0.2) is 0 Å². The number of halogens is 1. The lowest BCUT2D eigenvalue weighted by atomic mass is 10.1. The van der Waals surface area contributed by atoms with E-state index in [1.165, 1.54) is 12.8 Å². The third-order valence-electron chi connectivity index (χ3n) is 2.72. The minimum atomic E-state index is 0.620. The Morgan fingerprint density at radius 3 is 2.87 bits per heavy atom. The minimum absolute atomic E-state index is 0.620. The first-order chi connectivity index (χ1) is 7.20. The molecule has 1 aliphatic rings. The maximum Gasteiger partial charge on any atom is 0.101 e. The molecule has 0 saturated heterocycles. The molecule has 0 aromatic heterocycles. The van der Waals surface area contributed by atoms with Crippen LogP contribution in [0.4, 0.5) is 5.69 Å². The van der Waals surface area contributed by atoms with E-state index < -0.39 is 0 Å². The van der Waals surface area contributed by atoms with Crippen molar-refractivity contribution in [3.05, 3.63) is 28.8 Å². The summed E-state index contributed by atoms with van der Waals surface area (Å²) in [6.45, 7) is 1.04. The van der Waals surface area contributed by atoms with E-state index in [2.05, 4.69) is 11.0 Å². The van der Waals surface area contributed by atoms with Gasteiger partial charge in [-0.1, -0.05) is 11.6 Å². The third-order valence-corrected chi connectivity index (χ3v) is 2.95. The molecule has 78 valence electrons. The summed E-state index contributed by atoms with van der Waals surface area (Å²) in [6, 6.07) is 7.66. The molecule has 2 nitrogen and oxygen atoms in total. The fraction of sp³-hybridized carbons (Fsp3) is 0.417. The smallest absolute Gasteiger partial charge is 0.101 e. The highest BCUT2D eigenvalue weighted by atomic mass is 35.5. The summed E-state index contributed by atoms with van der Waals surface area (Å²) in [6.07, 6.45) is 2.64. The number of rotatable bonds is 3. The molecule has 1 aromatic carbocycles. The van der Waals surface area contributed by atoms with E-state index in [0.717, 1.165) is 18.2 Å². The molecule has 0 amide bonds. The van der Waals surface area contributed by atoms with Gasteiger partial charge in [-0.25, -0.2) is 0 Å². The molecule has 0 aliphatic heterocycles. The average molecular weight is 221 g/mol. The molecular formula is C12H13ClN2. The molecule has 0 atom stereocenters. The zero-order valence-corrected chi connectivity index (χ0v) is 9.46. The predicted molar refractivity (Wildman–Crippen MR) is 62.2 cm³/mol. The van der Waals surface area contributed by atoms with E-state index >= 15 is 0 Å². The highest BCUT2D eigenvalue weighted by Crippen LogP contribution is 2.32. The molecule has 0 N–H and O–H groups in total. The summed E-state index contributed by atoms with van der Waals surface area (Å²) >= 11 is 5.85. The number of anilines is 1. The molecule has 1 aromatic rings. The van der Waals surface area contributed by atoms with Gasteiger partial charge in [-0.05, 0) is 37.0 Å². The second kappa shape index (κ2) is 4.12. The van der Waals surface area contributed by atoms with Crippen LogP contribution in [0.5, 0.6) is 0 Å². The lowest BCUT2D eigenvalue weighted by molar-refractivity contribution is 0.786. The van der Waals surface area contributed by atoms with Crippen LogP contribution in [0.2, 0.25) is 5.02 Å². The molecule has 0 unspecified atom stereocenters. The van der Waals surface area contributed by atoms with Gasteiger partial charge in [0.2, 0.25) is 0 Å². The molecule has 0 heterocycles. The number of hydrogen-bond donors (Lipinski definition) is 0. The van der Waals surface area contributed by atoms with Crippen molar-refractivity contribution in [1.82, 2.24) is 0 Å². The van der Waals surface area contributed by atoms with Crippen molar-refractivity contribution in [2.24, 2.45) is 5.92 Å². The zero-order chi connectivity index (χ0) is 10.8. The van der Waals surface area contributed by atoms with Gasteiger partial charge in [0.1, 0.15) is 6.07 Å². The monoisotopic (exact) mass is 220 g/mol. The summed E-state index contributed by atoms with van der Waals surface area (Å²) < 4.78 is 0. The SMILES string of the molecule is CN(CC1CC1)c1ccc(Cl)cc1C#N.